The lowest BCUT2D eigenvalue weighted by molar-refractivity contribution is 0.317. The van der Waals surface area contributed by atoms with E-state index in [4.69, 9.17) is 4.74 Å². The third-order valence-electron chi connectivity index (χ3n) is 3.08. The van der Waals surface area contributed by atoms with Crippen LogP contribution in [-0.2, 0) is 0 Å². The van der Waals surface area contributed by atoms with Crippen LogP contribution in [0.5, 0.6) is 5.75 Å². The number of benzene rings is 2. The highest BCUT2D eigenvalue weighted by Gasteiger charge is 2.05. The van der Waals surface area contributed by atoms with E-state index in [0.29, 0.717) is 0 Å². The van der Waals surface area contributed by atoms with Crippen molar-refractivity contribution in [1.29, 1.82) is 0 Å². The Labute approximate surface area is 134 Å². The summed E-state index contributed by atoms with van der Waals surface area (Å²) in [6, 6.07) is 17.0. The van der Waals surface area contributed by atoms with Crippen LogP contribution in [0.3, 0.4) is 0 Å². The zero-order chi connectivity index (χ0) is 14.4. The summed E-state index contributed by atoms with van der Waals surface area (Å²) in [5.41, 5.74) is 2.40. The summed E-state index contributed by atoms with van der Waals surface area (Å²) >= 11 is 2.32. The van der Waals surface area contributed by atoms with Crippen molar-refractivity contribution < 1.29 is 4.74 Å². The molecular formula is C17H20INO. The normalized spacial score (nSPS) is 11.9. The zero-order valence-electron chi connectivity index (χ0n) is 11.9. The maximum Gasteiger partial charge on any atom is 0.119 e. The van der Waals surface area contributed by atoms with Crippen LogP contribution in [-0.4, -0.2) is 6.61 Å². The summed E-state index contributed by atoms with van der Waals surface area (Å²) in [6.45, 7) is 5.05. The minimum absolute atomic E-state index is 0.286. The average molecular weight is 381 g/mol. The molecule has 0 saturated heterocycles. The Morgan fingerprint density at radius 1 is 1.05 bits per heavy atom. The third kappa shape index (κ3) is 4.40. The molecule has 3 heteroatoms. The maximum absolute atomic E-state index is 5.58. The maximum atomic E-state index is 5.58. The number of nitrogens with one attached hydrogen (secondary N) is 1. The van der Waals surface area contributed by atoms with Crippen LogP contribution in [0.25, 0.3) is 0 Å². The van der Waals surface area contributed by atoms with Crippen LogP contribution in [0.4, 0.5) is 5.69 Å². The van der Waals surface area contributed by atoms with Crippen molar-refractivity contribution in [1.82, 2.24) is 0 Å². The monoisotopic (exact) mass is 381 g/mol. The number of ether oxygens (including phenoxy) is 1. The van der Waals surface area contributed by atoms with E-state index < -0.39 is 0 Å². The summed E-state index contributed by atoms with van der Waals surface area (Å²) in [5, 5.41) is 3.50. The second-order valence-electron chi connectivity index (χ2n) is 4.79. The molecule has 2 aromatic carbocycles. The fourth-order valence-corrected chi connectivity index (χ4v) is 2.31. The van der Waals surface area contributed by atoms with E-state index in [0.717, 1.165) is 24.5 Å². The SMILES string of the molecule is CCCOc1ccc(NC(C)c2ccc(I)cc2)cc1. The van der Waals surface area contributed by atoms with Gasteiger partial charge in [0.1, 0.15) is 5.75 Å². The molecule has 0 aliphatic rings. The van der Waals surface area contributed by atoms with Crippen LogP contribution in [0, 0.1) is 3.57 Å². The van der Waals surface area contributed by atoms with Crippen molar-refractivity contribution >= 4 is 28.3 Å². The van der Waals surface area contributed by atoms with Crippen LogP contribution in [0.15, 0.2) is 48.5 Å². The molecule has 20 heavy (non-hydrogen) atoms. The minimum atomic E-state index is 0.286. The Bertz CT molecular complexity index is 522. The van der Waals surface area contributed by atoms with Crippen LogP contribution in [0.2, 0.25) is 0 Å². The van der Waals surface area contributed by atoms with Gasteiger partial charge in [0.2, 0.25) is 0 Å². The summed E-state index contributed by atoms with van der Waals surface area (Å²) in [5.74, 6) is 0.930. The lowest BCUT2D eigenvalue weighted by Gasteiger charge is -2.16. The van der Waals surface area contributed by atoms with Crippen LogP contribution >= 0.6 is 22.6 Å². The zero-order valence-corrected chi connectivity index (χ0v) is 14.1. The van der Waals surface area contributed by atoms with Crippen molar-refractivity contribution in [2.45, 2.75) is 26.3 Å². The first-order valence-electron chi connectivity index (χ1n) is 6.94. The van der Waals surface area contributed by atoms with Crippen molar-refractivity contribution in [2.24, 2.45) is 0 Å². The van der Waals surface area contributed by atoms with Gasteiger partial charge < -0.3 is 10.1 Å². The van der Waals surface area contributed by atoms with Gasteiger partial charge in [-0.2, -0.15) is 0 Å². The third-order valence-corrected chi connectivity index (χ3v) is 3.80. The van der Waals surface area contributed by atoms with Gasteiger partial charge in [0.15, 0.2) is 0 Å². The van der Waals surface area contributed by atoms with E-state index in [1.54, 1.807) is 0 Å². The first-order valence-corrected chi connectivity index (χ1v) is 8.02. The number of anilines is 1. The topological polar surface area (TPSA) is 21.3 Å². The Morgan fingerprint density at radius 3 is 2.30 bits per heavy atom. The van der Waals surface area contributed by atoms with Gasteiger partial charge in [0.25, 0.3) is 0 Å². The molecule has 0 amide bonds. The van der Waals surface area contributed by atoms with Gasteiger partial charge >= 0.3 is 0 Å². The Morgan fingerprint density at radius 2 is 1.70 bits per heavy atom. The number of rotatable bonds is 6. The standard InChI is InChI=1S/C17H20INO/c1-3-12-20-17-10-8-16(9-11-17)19-13(2)14-4-6-15(18)7-5-14/h4-11,13,19H,3,12H2,1-2H3. The molecule has 1 atom stereocenters. The molecule has 106 valence electrons. The molecule has 0 radical (unpaired) electrons. The molecule has 1 N–H and O–H groups in total. The molecule has 1 unspecified atom stereocenters. The highest BCUT2D eigenvalue weighted by molar-refractivity contribution is 14.1. The van der Waals surface area contributed by atoms with Gasteiger partial charge in [0, 0.05) is 15.3 Å². The largest absolute Gasteiger partial charge is 0.494 e. The number of hydrogen-bond donors (Lipinski definition) is 1. The van der Waals surface area contributed by atoms with E-state index >= 15 is 0 Å². The summed E-state index contributed by atoms with van der Waals surface area (Å²) in [6.07, 6.45) is 1.03. The number of halogens is 1. The molecule has 2 aromatic rings. The predicted octanol–water partition coefficient (Wildman–Crippen LogP) is 5.25. The molecule has 0 saturated carbocycles. The van der Waals surface area contributed by atoms with Crippen molar-refractivity contribution in [3.63, 3.8) is 0 Å². The van der Waals surface area contributed by atoms with Crippen molar-refractivity contribution in [3.8, 4) is 5.75 Å². The molecule has 0 aromatic heterocycles. The van der Waals surface area contributed by atoms with E-state index in [9.17, 15) is 0 Å². The summed E-state index contributed by atoms with van der Waals surface area (Å²) < 4.78 is 6.84. The highest BCUT2D eigenvalue weighted by atomic mass is 127. The van der Waals surface area contributed by atoms with Gasteiger partial charge in [-0.05, 0) is 77.9 Å². The predicted molar refractivity (Wildman–Crippen MR) is 93.4 cm³/mol. The minimum Gasteiger partial charge on any atom is -0.494 e. The number of hydrogen-bond acceptors (Lipinski definition) is 2. The second kappa shape index (κ2) is 7.53. The van der Waals surface area contributed by atoms with Gasteiger partial charge in [-0.3, -0.25) is 0 Å². The van der Waals surface area contributed by atoms with Crippen molar-refractivity contribution in [3.05, 3.63) is 57.7 Å². The Kier molecular flexibility index (Phi) is 5.71. The second-order valence-corrected chi connectivity index (χ2v) is 6.04. The molecule has 0 aliphatic carbocycles. The molecule has 0 aliphatic heterocycles. The van der Waals surface area contributed by atoms with Crippen LogP contribution in [0.1, 0.15) is 31.9 Å². The van der Waals surface area contributed by atoms with Crippen LogP contribution < -0.4 is 10.1 Å². The Hall–Kier alpha value is -1.23. The first-order chi connectivity index (χ1) is 9.69. The molecule has 2 nitrogen and oxygen atoms in total. The molecule has 0 bridgehead atoms. The van der Waals surface area contributed by atoms with Gasteiger partial charge in [0.05, 0.1) is 6.61 Å². The van der Waals surface area contributed by atoms with Gasteiger partial charge in [-0.25, -0.2) is 0 Å². The fourth-order valence-electron chi connectivity index (χ4n) is 1.95. The molecule has 0 heterocycles. The molecule has 2 rings (SSSR count). The van der Waals surface area contributed by atoms with Crippen molar-refractivity contribution in [2.75, 3.05) is 11.9 Å². The molecule has 0 fully saturated rings. The Balaban J connectivity index is 1.97. The van der Waals surface area contributed by atoms with E-state index in [-0.39, 0.29) is 6.04 Å². The van der Waals surface area contributed by atoms with Gasteiger partial charge in [-0.15, -0.1) is 0 Å². The average Bonchev–Trinajstić information content (AvgIpc) is 2.47. The smallest absolute Gasteiger partial charge is 0.119 e. The highest BCUT2D eigenvalue weighted by Crippen LogP contribution is 2.22. The van der Waals surface area contributed by atoms with E-state index in [1.165, 1.54) is 9.13 Å². The fraction of sp³-hybridized carbons (Fsp3) is 0.294. The molecule has 0 spiro atoms. The first kappa shape index (κ1) is 15.2. The summed E-state index contributed by atoms with van der Waals surface area (Å²) in [4.78, 5) is 0. The summed E-state index contributed by atoms with van der Waals surface area (Å²) in [7, 11) is 0. The van der Waals surface area contributed by atoms with E-state index in [1.807, 2.05) is 12.1 Å². The lowest BCUT2D eigenvalue weighted by atomic mass is 10.1. The van der Waals surface area contributed by atoms with Gasteiger partial charge in [-0.1, -0.05) is 19.1 Å². The lowest BCUT2D eigenvalue weighted by Crippen LogP contribution is -2.06. The quantitative estimate of drug-likeness (QED) is 0.690. The van der Waals surface area contributed by atoms with E-state index in [2.05, 4.69) is 78.2 Å². The molecular weight excluding hydrogens is 361 g/mol.